The summed E-state index contributed by atoms with van der Waals surface area (Å²) in [7, 11) is 2.15. The molecule has 6 heteroatoms. The van der Waals surface area contributed by atoms with Gasteiger partial charge in [-0.05, 0) is 43.4 Å². The summed E-state index contributed by atoms with van der Waals surface area (Å²) in [6.07, 6.45) is 4.87. The molecular weight excluding hydrogens is 350 g/mol. The van der Waals surface area contributed by atoms with Crippen molar-refractivity contribution in [2.75, 3.05) is 39.4 Å². The molecule has 5 rings (SSSR count). The van der Waals surface area contributed by atoms with Crippen LogP contribution in [0, 0.1) is 0 Å². The molecule has 2 fully saturated rings. The van der Waals surface area contributed by atoms with E-state index in [1.807, 2.05) is 0 Å². The first-order valence-electron chi connectivity index (χ1n) is 10.8. The van der Waals surface area contributed by atoms with Gasteiger partial charge < -0.3 is 9.30 Å². The summed E-state index contributed by atoms with van der Waals surface area (Å²) in [6, 6.07) is 9.61. The lowest BCUT2D eigenvalue weighted by Gasteiger charge is -2.36. The van der Waals surface area contributed by atoms with Crippen molar-refractivity contribution in [3.63, 3.8) is 0 Å². The number of likely N-dealkylation sites (tertiary alicyclic amines) is 1. The molecule has 2 saturated heterocycles. The summed E-state index contributed by atoms with van der Waals surface area (Å²) in [6.45, 7) is 6.83. The molecule has 0 N–H and O–H groups in total. The standard InChI is InChI=1S/C22H31N5O/c1-25-21(16-26-9-11-28-12-10-26)23-24-22(25)19-7-4-8-27(15-19)20-13-17-5-2-3-6-18(17)14-20/h2-3,5-6,19-20H,4,7-16H2,1H3. The molecule has 2 aromatic rings. The second-order valence-corrected chi connectivity index (χ2v) is 8.59. The third-order valence-electron chi connectivity index (χ3n) is 6.83. The molecule has 1 unspecified atom stereocenters. The lowest BCUT2D eigenvalue weighted by molar-refractivity contribution is 0.0326. The monoisotopic (exact) mass is 381 g/mol. The van der Waals surface area contributed by atoms with Crippen molar-refractivity contribution < 1.29 is 4.74 Å². The van der Waals surface area contributed by atoms with Crippen LogP contribution >= 0.6 is 0 Å². The van der Waals surface area contributed by atoms with E-state index in [9.17, 15) is 0 Å². The van der Waals surface area contributed by atoms with E-state index >= 15 is 0 Å². The molecule has 1 aliphatic carbocycles. The third-order valence-corrected chi connectivity index (χ3v) is 6.83. The number of hydrogen-bond donors (Lipinski definition) is 0. The highest BCUT2D eigenvalue weighted by molar-refractivity contribution is 5.33. The van der Waals surface area contributed by atoms with Crippen molar-refractivity contribution in [2.45, 2.75) is 44.2 Å². The van der Waals surface area contributed by atoms with Crippen LogP contribution in [0.15, 0.2) is 24.3 Å². The zero-order valence-corrected chi connectivity index (χ0v) is 16.9. The molecule has 0 saturated carbocycles. The summed E-state index contributed by atoms with van der Waals surface area (Å²) < 4.78 is 7.72. The van der Waals surface area contributed by atoms with E-state index < -0.39 is 0 Å². The van der Waals surface area contributed by atoms with E-state index in [4.69, 9.17) is 4.74 Å². The smallest absolute Gasteiger partial charge is 0.146 e. The van der Waals surface area contributed by atoms with E-state index in [1.54, 1.807) is 11.1 Å². The average molecular weight is 382 g/mol. The van der Waals surface area contributed by atoms with Gasteiger partial charge in [-0.1, -0.05) is 24.3 Å². The molecule has 1 aromatic carbocycles. The van der Waals surface area contributed by atoms with Gasteiger partial charge >= 0.3 is 0 Å². The molecule has 28 heavy (non-hydrogen) atoms. The van der Waals surface area contributed by atoms with Gasteiger partial charge in [0.05, 0.1) is 19.8 Å². The fourth-order valence-electron chi connectivity index (χ4n) is 5.17. The molecule has 2 aliphatic heterocycles. The summed E-state index contributed by atoms with van der Waals surface area (Å²) in [5.74, 6) is 2.75. The second kappa shape index (κ2) is 7.93. The van der Waals surface area contributed by atoms with E-state index in [0.29, 0.717) is 12.0 Å². The highest BCUT2D eigenvalue weighted by Gasteiger charge is 2.32. The molecule has 1 atom stereocenters. The maximum Gasteiger partial charge on any atom is 0.146 e. The summed E-state index contributed by atoms with van der Waals surface area (Å²) in [4.78, 5) is 5.13. The fraction of sp³-hybridized carbons (Fsp3) is 0.636. The van der Waals surface area contributed by atoms with Gasteiger partial charge in [-0.3, -0.25) is 9.80 Å². The molecule has 3 aliphatic rings. The summed E-state index contributed by atoms with van der Waals surface area (Å²) >= 11 is 0. The number of hydrogen-bond acceptors (Lipinski definition) is 5. The Bertz CT molecular complexity index is 788. The molecule has 6 nitrogen and oxygen atoms in total. The number of aromatic nitrogens is 3. The Morgan fingerprint density at radius 3 is 2.54 bits per heavy atom. The minimum Gasteiger partial charge on any atom is -0.379 e. The highest BCUT2D eigenvalue weighted by Crippen LogP contribution is 2.32. The quantitative estimate of drug-likeness (QED) is 0.811. The van der Waals surface area contributed by atoms with Crippen molar-refractivity contribution in [1.82, 2.24) is 24.6 Å². The molecule has 3 heterocycles. The first-order valence-corrected chi connectivity index (χ1v) is 10.8. The minimum atomic E-state index is 0.494. The minimum absolute atomic E-state index is 0.494. The number of benzene rings is 1. The van der Waals surface area contributed by atoms with Crippen molar-refractivity contribution in [3.8, 4) is 0 Å². The second-order valence-electron chi connectivity index (χ2n) is 8.59. The molecule has 0 amide bonds. The number of rotatable bonds is 4. The van der Waals surface area contributed by atoms with Gasteiger partial charge in [-0.15, -0.1) is 10.2 Å². The number of fused-ring (bicyclic) bond motifs is 1. The molecule has 0 radical (unpaired) electrons. The van der Waals surface area contributed by atoms with Gasteiger partial charge in [-0.2, -0.15) is 0 Å². The van der Waals surface area contributed by atoms with Crippen LogP contribution in [-0.4, -0.2) is 70.0 Å². The van der Waals surface area contributed by atoms with Crippen LogP contribution in [0.3, 0.4) is 0 Å². The lowest BCUT2D eigenvalue weighted by Crippen LogP contribution is -2.43. The Morgan fingerprint density at radius 1 is 1.04 bits per heavy atom. The fourth-order valence-corrected chi connectivity index (χ4v) is 5.17. The van der Waals surface area contributed by atoms with Gasteiger partial charge in [0, 0.05) is 38.6 Å². The van der Waals surface area contributed by atoms with Crippen LogP contribution < -0.4 is 0 Å². The molecule has 0 bridgehead atoms. The Hall–Kier alpha value is -1.76. The van der Waals surface area contributed by atoms with Gasteiger partial charge in [0.15, 0.2) is 0 Å². The number of morpholine rings is 1. The molecule has 150 valence electrons. The highest BCUT2D eigenvalue weighted by atomic mass is 16.5. The maximum absolute atomic E-state index is 5.46. The molecular formula is C22H31N5O. The Kier molecular flexibility index (Phi) is 5.18. The van der Waals surface area contributed by atoms with Crippen LogP contribution in [0.25, 0.3) is 0 Å². The van der Waals surface area contributed by atoms with Crippen LogP contribution in [-0.2, 0) is 31.2 Å². The first-order chi connectivity index (χ1) is 13.8. The number of nitrogens with zero attached hydrogens (tertiary/aromatic N) is 5. The van der Waals surface area contributed by atoms with Crippen molar-refractivity contribution in [3.05, 3.63) is 47.0 Å². The van der Waals surface area contributed by atoms with Crippen LogP contribution in [0.1, 0.15) is 41.5 Å². The van der Waals surface area contributed by atoms with E-state index in [-0.39, 0.29) is 0 Å². The number of ether oxygens (including phenoxy) is 1. The predicted octanol–water partition coefficient (Wildman–Crippen LogP) is 1.99. The van der Waals surface area contributed by atoms with E-state index in [0.717, 1.165) is 45.2 Å². The average Bonchev–Trinajstić information content (AvgIpc) is 3.33. The molecule has 1 aromatic heterocycles. The van der Waals surface area contributed by atoms with Gasteiger partial charge in [0.2, 0.25) is 0 Å². The SMILES string of the molecule is Cn1c(CN2CCOCC2)nnc1C1CCCN(C2Cc3ccccc3C2)C1. The Labute approximate surface area is 167 Å². The van der Waals surface area contributed by atoms with E-state index in [1.165, 1.54) is 38.1 Å². The van der Waals surface area contributed by atoms with Gasteiger partial charge in [-0.25, -0.2) is 0 Å². The topological polar surface area (TPSA) is 46.4 Å². The van der Waals surface area contributed by atoms with Crippen molar-refractivity contribution in [2.24, 2.45) is 7.05 Å². The first kappa shape index (κ1) is 18.3. The molecule has 0 spiro atoms. The van der Waals surface area contributed by atoms with Crippen molar-refractivity contribution >= 4 is 0 Å². The van der Waals surface area contributed by atoms with Crippen LogP contribution in [0.2, 0.25) is 0 Å². The summed E-state index contributed by atoms with van der Waals surface area (Å²) in [5.41, 5.74) is 3.09. The van der Waals surface area contributed by atoms with Gasteiger partial charge in [0.25, 0.3) is 0 Å². The zero-order chi connectivity index (χ0) is 18.9. The number of piperidine rings is 1. The zero-order valence-electron chi connectivity index (χ0n) is 16.9. The predicted molar refractivity (Wildman–Crippen MR) is 108 cm³/mol. The van der Waals surface area contributed by atoms with Crippen molar-refractivity contribution in [1.29, 1.82) is 0 Å². The van der Waals surface area contributed by atoms with Crippen LogP contribution in [0.5, 0.6) is 0 Å². The van der Waals surface area contributed by atoms with Crippen LogP contribution in [0.4, 0.5) is 0 Å². The Balaban J connectivity index is 1.25. The normalized spacial score (nSPS) is 24.5. The summed E-state index contributed by atoms with van der Waals surface area (Å²) in [5, 5.41) is 9.19. The maximum atomic E-state index is 5.46. The van der Waals surface area contributed by atoms with Gasteiger partial charge in [0.1, 0.15) is 11.6 Å². The largest absolute Gasteiger partial charge is 0.379 e. The Morgan fingerprint density at radius 2 is 1.79 bits per heavy atom. The van der Waals surface area contributed by atoms with E-state index in [2.05, 4.69) is 55.9 Å². The lowest BCUT2D eigenvalue weighted by atomic mass is 9.95. The third kappa shape index (κ3) is 3.61.